The molecule has 4 rings (SSSR count). The van der Waals surface area contributed by atoms with Crippen LogP contribution in [0.5, 0.6) is 0 Å². The first-order valence-corrected chi connectivity index (χ1v) is 6.82. The van der Waals surface area contributed by atoms with E-state index >= 15 is 0 Å². The van der Waals surface area contributed by atoms with Gasteiger partial charge < -0.3 is 14.2 Å². The van der Waals surface area contributed by atoms with E-state index in [4.69, 9.17) is 14.2 Å². The zero-order valence-electron chi connectivity index (χ0n) is 10.3. The molecule has 0 saturated heterocycles. The van der Waals surface area contributed by atoms with Crippen molar-refractivity contribution in [1.82, 2.24) is 0 Å². The van der Waals surface area contributed by atoms with E-state index in [1.807, 2.05) is 12.2 Å². The molecule has 0 aromatic carbocycles. The second kappa shape index (κ2) is 4.34. The topological polar surface area (TPSA) is 27.7 Å². The SMILES string of the molecule is C1=CCOC(OC2C=CC3C4C=CC(C4)C23)OC1. The average molecular weight is 246 g/mol. The Balaban J connectivity index is 1.44. The molecule has 4 aliphatic rings. The van der Waals surface area contributed by atoms with Gasteiger partial charge >= 0.3 is 0 Å². The van der Waals surface area contributed by atoms with E-state index in [9.17, 15) is 0 Å². The highest BCUT2D eigenvalue weighted by Gasteiger charge is 2.49. The summed E-state index contributed by atoms with van der Waals surface area (Å²) < 4.78 is 17.0. The molecular weight excluding hydrogens is 228 g/mol. The highest BCUT2D eigenvalue weighted by Crippen LogP contribution is 2.53. The summed E-state index contributed by atoms with van der Waals surface area (Å²) in [6.07, 6.45) is 14.7. The van der Waals surface area contributed by atoms with Crippen molar-refractivity contribution in [2.45, 2.75) is 19.0 Å². The van der Waals surface area contributed by atoms with Crippen LogP contribution in [0.25, 0.3) is 0 Å². The normalized spacial score (nSPS) is 45.7. The minimum atomic E-state index is -0.517. The van der Waals surface area contributed by atoms with E-state index in [0.717, 1.165) is 5.92 Å². The van der Waals surface area contributed by atoms with Crippen LogP contribution in [0.15, 0.2) is 36.5 Å². The molecule has 0 N–H and O–H groups in total. The van der Waals surface area contributed by atoms with Crippen molar-refractivity contribution < 1.29 is 14.2 Å². The number of allylic oxidation sites excluding steroid dienone is 3. The lowest BCUT2D eigenvalue weighted by atomic mass is 9.84. The molecule has 0 amide bonds. The first kappa shape index (κ1) is 11.0. The summed E-state index contributed by atoms with van der Waals surface area (Å²) in [7, 11) is 0. The lowest BCUT2D eigenvalue weighted by Crippen LogP contribution is -2.32. The quantitative estimate of drug-likeness (QED) is 0.699. The first-order chi connectivity index (χ1) is 8.92. The van der Waals surface area contributed by atoms with Gasteiger partial charge in [0.2, 0.25) is 0 Å². The third kappa shape index (κ3) is 1.69. The Kier molecular flexibility index (Phi) is 2.64. The number of hydrogen-bond donors (Lipinski definition) is 0. The summed E-state index contributed by atoms with van der Waals surface area (Å²) in [5.74, 6) is 2.70. The van der Waals surface area contributed by atoms with E-state index < -0.39 is 6.48 Å². The molecular formula is C15H18O3. The predicted octanol–water partition coefficient (Wildman–Crippen LogP) is 2.27. The van der Waals surface area contributed by atoms with Gasteiger partial charge in [-0.2, -0.15) is 0 Å². The molecule has 2 bridgehead atoms. The predicted molar refractivity (Wildman–Crippen MR) is 66.6 cm³/mol. The first-order valence-electron chi connectivity index (χ1n) is 6.82. The van der Waals surface area contributed by atoms with Gasteiger partial charge in [0.1, 0.15) is 0 Å². The smallest absolute Gasteiger partial charge is 0.272 e. The largest absolute Gasteiger partial charge is 0.326 e. The Labute approximate surface area is 107 Å². The Morgan fingerprint density at radius 2 is 1.67 bits per heavy atom. The van der Waals surface area contributed by atoms with Crippen molar-refractivity contribution in [1.29, 1.82) is 0 Å². The van der Waals surface area contributed by atoms with E-state index in [2.05, 4.69) is 24.3 Å². The zero-order chi connectivity index (χ0) is 11.9. The maximum atomic E-state index is 5.99. The fourth-order valence-corrected chi connectivity index (χ4v) is 3.79. The number of hydrogen-bond acceptors (Lipinski definition) is 3. The summed E-state index contributed by atoms with van der Waals surface area (Å²) >= 11 is 0. The summed E-state index contributed by atoms with van der Waals surface area (Å²) in [4.78, 5) is 0. The van der Waals surface area contributed by atoms with Crippen LogP contribution in [0.2, 0.25) is 0 Å². The van der Waals surface area contributed by atoms with Crippen LogP contribution in [0.3, 0.4) is 0 Å². The third-order valence-electron chi connectivity index (χ3n) is 4.58. The van der Waals surface area contributed by atoms with Gasteiger partial charge in [0.25, 0.3) is 6.48 Å². The maximum Gasteiger partial charge on any atom is 0.272 e. The summed E-state index contributed by atoms with van der Waals surface area (Å²) in [6, 6.07) is 0. The summed E-state index contributed by atoms with van der Waals surface area (Å²) in [5.41, 5.74) is 0. The second-order valence-electron chi connectivity index (χ2n) is 5.52. The van der Waals surface area contributed by atoms with Gasteiger partial charge in [-0.3, -0.25) is 0 Å². The standard InChI is InChI=1S/C15H18O3/c1-2-8-17-15(16-7-1)18-13-6-5-12-10-3-4-11(9-10)14(12)13/h1-6,10-15H,7-9H2. The molecule has 0 radical (unpaired) electrons. The van der Waals surface area contributed by atoms with Gasteiger partial charge in [0, 0.05) is 5.92 Å². The number of ether oxygens (including phenoxy) is 3. The molecule has 0 spiro atoms. The maximum absolute atomic E-state index is 5.99. The van der Waals surface area contributed by atoms with E-state index in [1.165, 1.54) is 6.42 Å². The number of rotatable bonds is 2. The molecule has 1 aliphatic heterocycles. The van der Waals surface area contributed by atoms with Crippen molar-refractivity contribution in [3.8, 4) is 0 Å². The molecule has 5 atom stereocenters. The number of fused-ring (bicyclic) bond motifs is 5. The second-order valence-corrected chi connectivity index (χ2v) is 5.52. The van der Waals surface area contributed by atoms with Crippen LogP contribution in [0.4, 0.5) is 0 Å². The summed E-state index contributed by atoms with van der Waals surface area (Å²) in [6.45, 7) is 0.624. The zero-order valence-corrected chi connectivity index (χ0v) is 10.3. The van der Waals surface area contributed by atoms with Crippen molar-refractivity contribution in [3.63, 3.8) is 0 Å². The lowest BCUT2D eigenvalue weighted by molar-refractivity contribution is -0.293. The van der Waals surface area contributed by atoms with Crippen molar-refractivity contribution in [2.24, 2.45) is 23.7 Å². The molecule has 0 aromatic rings. The minimum absolute atomic E-state index is 0.151. The highest BCUT2D eigenvalue weighted by atomic mass is 16.8. The van der Waals surface area contributed by atoms with E-state index in [1.54, 1.807) is 0 Å². The van der Waals surface area contributed by atoms with Gasteiger partial charge in [-0.1, -0.05) is 36.5 Å². The van der Waals surface area contributed by atoms with E-state index in [-0.39, 0.29) is 6.10 Å². The average Bonchev–Trinajstić information content (AvgIpc) is 3.01. The van der Waals surface area contributed by atoms with Gasteiger partial charge in [0.15, 0.2) is 0 Å². The Morgan fingerprint density at radius 1 is 0.889 bits per heavy atom. The fourth-order valence-electron chi connectivity index (χ4n) is 3.79. The molecule has 3 nitrogen and oxygen atoms in total. The molecule has 96 valence electrons. The molecule has 1 heterocycles. The monoisotopic (exact) mass is 246 g/mol. The molecule has 3 heteroatoms. The minimum Gasteiger partial charge on any atom is -0.326 e. The molecule has 5 unspecified atom stereocenters. The molecule has 18 heavy (non-hydrogen) atoms. The Hall–Kier alpha value is -0.900. The van der Waals surface area contributed by atoms with Crippen LogP contribution in [-0.4, -0.2) is 25.8 Å². The van der Waals surface area contributed by atoms with Crippen LogP contribution < -0.4 is 0 Å². The van der Waals surface area contributed by atoms with Gasteiger partial charge in [-0.05, 0) is 24.2 Å². The van der Waals surface area contributed by atoms with Crippen molar-refractivity contribution >= 4 is 0 Å². The Bertz CT molecular complexity index is 402. The van der Waals surface area contributed by atoms with Gasteiger partial charge in [-0.25, -0.2) is 0 Å². The van der Waals surface area contributed by atoms with Crippen LogP contribution in [-0.2, 0) is 14.2 Å². The van der Waals surface area contributed by atoms with Crippen molar-refractivity contribution in [3.05, 3.63) is 36.5 Å². The van der Waals surface area contributed by atoms with Crippen LogP contribution in [0.1, 0.15) is 6.42 Å². The van der Waals surface area contributed by atoms with Gasteiger partial charge in [0.05, 0.1) is 19.3 Å². The van der Waals surface area contributed by atoms with Gasteiger partial charge in [-0.15, -0.1) is 0 Å². The van der Waals surface area contributed by atoms with Crippen molar-refractivity contribution in [2.75, 3.05) is 13.2 Å². The van der Waals surface area contributed by atoms with Crippen LogP contribution in [0, 0.1) is 23.7 Å². The Morgan fingerprint density at radius 3 is 2.50 bits per heavy atom. The molecule has 1 fully saturated rings. The van der Waals surface area contributed by atoms with E-state index in [0.29, 0.717) is 31.0 Å². The molecule has 0 aromatic heterocycles. The fraction of sp³-hybridized carbons (Fsp3) is 0.600. The third-order valence-corrected chi connectivity index (χ3v) is 4.58. The molecule has 3 aliphatic carbocycles. The lowest BCUT2D eigenvalue weighted by Gasteiger charge is -2.28. The van der Waals surface area contributed by atoms with Crippen LogP contribution >= 0.6 is 0 Å². The molecule has 1 saturated carbocycles. The highest BCUT2D eigenvalue weighted by molar-refractivity contribution is 5.25. The summed E-state index contributed by atoms with van der Waals surface area (Å²) in [5, 5.41) is 0.